The van der Waals surface area contributed by atoms with Crippen LogP contribution in [0, 0.1) is 5.41 Å². The Labute approximate surface area is 200 Å². The van der Waals surface area contributed by atoms with Crippen molar-refractivity contribution >= 4 is 27.2 Å². The molecule has 0 amide bonds. The second kappa shape index (κ2) is 9.98. The summed E-state index contributed by atoms with van der Waals surface area (Å²) in [7, 11) is -2.34. The van der Waals surface area contributed by atoms with Crippen LogP contribution in [0.4, 0.5) is 0 Å². The van der Waals surface area contributed by atoms with Gasteiger partial charge in [-0.05, 0) is 59.0 Å². The molecule has 0 spiro atoms. The molecule has 0 radical (unpaired) electrons. The first kappa shape index (κ1) is 24.8. The molecule has 0 saturated heterocycles. The summed E-state index contributed by atoms with van der Waals surface area (Å²) < 4.78 is 37.3. The fourth-order valence-corrected chi connectivity index (χ4v) is 5.03. The summed E-state index contributed by atoms with van der Waals surface area (Å²) in [6, 6.07) is 19.3. The molecule has 0 fully saturated rings. The number of sulfone groups is 1. The van der Waals surface area contributed by atoms with Crippen molar-refractivity contribution in [3.63, 3.8) is 0 Å². The van der Waals surface area contributed by atoms with E-state index in [-0.39, 0.29) is 33.3 Å². The molecule has 174 valence electrons. The van der Waals surface area contributed by atoms with Gasteiger partial charge >= 0.3 is 0 Å². The smallest absolute Gasteiger partial charge is 0.189 e. The second-order valence-electron chi connectivity index (χ2n) is 8.98. The number of Topliss-reactive ketones (excluding diaryl/α,β-unsaturated/α-hetero) is 1. The zero-order valence-corrected chi connectivity index (χ0v) is 20.7. The molecule has 0 unspecified atom stereocenters. The van der Waals surface area contributed by atoms with Crippen LogP contribution in [-0.2, 0) is 14.6 Å². The first-order valence-corrected chi connectivity index (χ1v) is 12.5. The number of benzene rings is 3. The lowest BCUT2D eigenvalue weighted by Crippen LogP contribution is -2.21. The third kappa shape index (κ3) is 6.83. The number of rotatable bonds is 8. The van der Waals surface area contributed by atoms with E-state index in [0.29, 0.717) is 5.75 Å². The molecular formula is C26H27ClO5S. The molecule has 0 atom stereocenters. The van der Waals surface area contributed by atoms with Crippen LogP contribution in [0.3, 0.4) is 0 Å². The number of hydrogen-bond acceptors (Lipinski definition) is 5. The highest BCUT2D eigenvalue weighted by Gasteiger charge is 2.26. The minimum Gasteiger partial charge on any atom is -0.497 e. The fraction of sp³-hybridized carbons (Fsp3) is 0.269. The summed E-state index contributed by atoms with van der Waals surface area (Å²) in [6.07, 6.45) is 0.160. The van der Waals surface area contributed by atoms with Crippen molar-refractivity contribution < 1.29 is 22.7 Å². The maximum Gasteiger partial charge on any atom is 0.189 e. The van der Waals surface area contributed by atoms with Crippen LogP contribution in [0.2, 0.25) is 5.02 Å². The van der Waals surface area contributed by atoms with Crippen molar-refractivity contribution in [2.75, 3.05) is 12.9 Å². The molecule has 0 aliphatic carbocycles. The number of ether oxygens (including phenoxy) is 2. The predicted molar refractivity (Wildman–Crippen MR) is 131 cm³/mol. The monoisotopic (exact) mass is 486 g/mol. The molecule has 3 aromatic carbocycles. The Kier molecular flexibility index (Phi) is 7.50. The molecule has 0 aliphatic rings. The molecule has 0 N–H and O–H groups in total. The van der Waals surface area contributed by atoms with Gasteiger partial charge in [0.2, 0.25) is 0 Å². The van der Waals surface area contributed by atoms with Crippen molar-refractivity contribution in [2.45, 2.75) is 32.1 Å². The molecule has 0 aromatic heterocycles. The number of carbonyl (C=O) groups is 1. The maximum absolute atomic E-state index is 13.1. The summed E-state index contributed by atoms with van der Waals surface area (Å²) in [5.74, 6) is 0.378. The van der Waals surface area contributed by atoms with Gasteiger partial charge in [0.05, 0.1) is 7.11 Å². The van der Waals surface area contributed by atoms with Crippen molar-refractivity contribution in [3.8, 4) is 28.4 Å². The normalized spacial score (nSPS) is 11.8. The Morgan fingerprint density at radius 3 is 2.24 bits per heavy atom. The first-order chi connectivity index (χ1) is 15.5. The minimum absolute atomic E-state index is 0.105. The van der Waals surface area contributed by atoms with Gasteiger partial charge in [-0.25, -0.2) is 8.42 Å². The molecule has 7 heteroatoms. The topological polar surface area (TPSA) is 69.7 Å². The van der Waals surface area contributed by atoms with Crippen molar-refractivity contribution in [2.24, 2.45) is 5.41 Å². The predicted octanol–water partition coefficient (Wildman–Crippen LogP) is 6.59. The SMILES string of the molecule is COc1ccc(-c2cccc(Oc3ccc(Cl)cc3S(=O)(=O)CC(=O)CC(C)(C)C)c2)cc1. The van der Waals surface area contributed by atoms with E-state index >= 15 is 0 Å². The highest BCUT2D eigenvalue weighted by molar-refractivity contribution is 7.92. The molecule has 0 aliphatic heterocycles. The summed E-state index contributed by atoms with van der Waals surface area (Å²) in [5.41, 5.74) is 1.55. The number of halogens is 1. The fourth-order valence-electron chi connectivity index (χ4n) is 3.39. The average molecular weight is 487 g/mol. The standard InChI is InChI=1S/C26H27ClO5S/c1-26(2,3)16-21(28)17-33(29,30)25-15-20(27)10-13-24(25)32-23-7-5-6-19(14-23)18-8-11-22(31-4)12-9-18/h5-15H,16-17H2,1-4H3. The quantitative estimate of drug-likeness (QED) is 0.359. The van der Waals surface area contributed by atoms with E-state index in [2.05, 4.69) is 0 Å². The zero-order valence-electron chi connectivity index (χ0n) is 19.1. The van der Waals surface area contributed by atoms with E-state index in [1.54, 1.807) is 19.2 Å². The Bertz CT molecular complexity index is 1240. The van der Waals surface area contributed by atoms with E-state index in [9.17, 15) is 13.2 Å². The third-order valence-electron chi connectivity index (χ3n) is 4.80. The van der Waals surface area contributed by atoms with Gasteiger partial charge in [0.1, 0.15) is 33.7 Å². The zero-order chi connectivity index (χ0) is 24.2. The van der Waals surface area contributed by atoms with E-state index in [1.165, 1.54) is 12.1 Å². The van der Waals surface area contributed by atoms with Crippen molar-refractivity contribution in [1.82, 2.24) is 0 Å². The van der Waals surface area contributed by atoms with E-state index in [0.717, 1.165) is 16.9 Å². The Hall–Kier alpha value is -2.83. The highest BCUT2D eigenvalue weighted by atomic mass is 35.5. The number of hydrogen-bond donors (Lipinski definition) is 0. The molecule has 33 heavy (non-hydrogen) atoms. The maximum atomic E-state index is 13.1. The minimum atomic E-state index is -3.95. The van der Waals surface area contributed by atoms with Crippen LogP contribution in [0.5, 0.6) is 17.2 Å². The van der Waals surface area contributed by atoms with Gasteiger partial charge in [-0.3, -0.25) is 4.79 Å². The van der Waals surface area contributed by atoms with Crippen LogP contribution >= 0.6 is 11.6 Å². The number of methoxy groups -OCH3 is 1. The summed E-state index contributed by atoms with van der Waals surface area (Å²) >= 11 is 6.08. The van der Waals surface area contributed by atoms with Gasteiger partial charge in [-0.15, -0.1) is 0 Å². The Balaban J connectivity index is 1.90. The number of carbonyl (C=O) groups excluding carboxylic acids is 1. The van der Waals surface area contributed by atoms with Crippen molar-refractivity contribution in [3.05, 3.63) is 71.8 Å². The summed E-state index contributed by atoms with van der Waals surface area (Å²) in [4.78, 5) is 12.3. The van der Waals surface area contributed by atoms with Gasteiger partial charge in [-0.1, -0.05) is 56.6 Å². The van der Waals surface area contributed by atoms with E-state index in [1.807, 2.05) is 63.2 Å². The molecule has 3 aromatic rings. The van der Waals surface area contributed by atoms with Crippen molar-refractivity contribution in [1.29, 1.82) is 0 Å². The lowest BCUT2D eigenvalue weighted by Gasteiger charge is -2.17. The van der Waals surface area contributed by atoms with Crippen LogP contribution in [-0.4, -0.2) is 27.1 Å². The largest absolute Gasteiger partial charge is 0.497 e. The first-order valence-electron chi connectivity index (χ1n) is 10.4. The highest BCUT2D eigenvalue weighted by Crippen LogP contribution is 2.34. The Morgan fingerprint density at radius 2 is 1.61 bits per heavy atom. The summed E-state index contributed by atoms with van der Waals surface area (Å²) in [5, 5.41) is 0.246. The van der Waals surface area contributed by atoms with Crippen LogP contribution in [0.15, 0.2) is 71.6 Å². The lowest BCUT2D eigenvalue weighted by molar-refractivity contribution is -0.118. The van der Waals surface area contributed by atoms with Gasteiger partial charge < -0.3 is 9.47 Å². The Morgan fingerprint density at radius 1 is 0.909 bits per heavy atom. The molecule has 0 heterocycles. The number of ketones is 1. The van der Waals surface area contributed by atoms with Crippen LogP contribution in [0.25, 0.3) is 11.1 Å². The average Bonchev–Trinajstić information content (AvgIpc) is 2.73. The van der Waals surface area contributed by atoms with E-state index < -0.39 is 15.6 Å². The van der Waals surface area contributed by atoms with Gasteiger partial charge in [0, 0.05) is 11.4 Å². The molecule has 0 saturated carbocycles. The summed E-state index contributed by atoms with van der Waals surface area (Å²) in [6.45, 7) is 5.67. The van der Waals surface area contributed by atoms with Gasteiger partial charge in [0.15, 0.2) is 9.84 Å². The second-order valence-corrected chi connectivity index (χ2v) is 11.4. The van der Waals surface area contributed by atoms with Crippen LogP contribution < -0.4 is 9.47 Å². The van der Waals surface area contributed by atoms with E-state index in [4.69, 9.17) is 21.1 Å². The molecule has 5 nitrogen and oxygen atoms in total. The lowest BCUT2D eigenvalue weighted by atomic mass is 9.90. The third-order valence-corrected chi connectivity index (χ3v) is 6.73. The van der Waals surface area contributed by atoms with Gasteiger partial charge in [0.25, 0.3) is 0 Å². The molecular weight excluding hydrogens is 460 g/mol. The molecule has 0 bridgehead atoms. The van der Waals surface area contributed by atoms with Gasteiger partial charge in [-0.2, -0.15) is 0 Å². The molecule has 3 rings (SSSR count). The van der Waals surface area contributed by atoms with Crippen LogP contribution in [0.1, 0.15) is 27.2 Å².